The van der Waals surface area contributed by atoms with Crippen molar-refractivity contribution < 1.29 is 18.0 Å². The normalized spacial score (nSPS) is 12.7. The van der Waals surface area contributed by atoms with E-state index in [1.807, 2.05) is 6.07 Å². The maximum Gasteiger partial charge on any atom is 0.253 e. The van der Waals surface area contributed by atoms with Gasteiger partial charge in [-0.05, 0) is 56.7 Å². The SMILES string of the molecule is CC(=O)Nc1cccc(C(C)NC(=O)c2cc(S(=O)(=O)N(C)C(C)C)ccc2Cl)c1. The Morgan fingerprint density at radius 2 is 1.73 bits per heavy atom. The summed E-state index contributed by atoms with van der Waals surface area (Å²) in [6, 6.07) is 10.5. The fraction of sp³-hybridized carbons (Fsp3) is 0.333. The number of sulfonamides is 1. The van der Waals surface area contributed by atoms with E-state index in [0.29, 0.717) is 5.69 Å². The van der Waals surface area contributed by atoms with Crippen molar-refractivity contribution in [3.63, 3.8) is 0 Å². The summed E-state index contributed by atoms with van der Waals surface area (Å²) in [5.41, 5.74) is 1.46. The molecule has 1 atom stereocenters. The Hall–Kier alpha value is -2.42. The van der Waals surface area contributed by atoms with E-state index in [9.17, 15) is 18.0 Å². The number of halogens is 1. The Labute approximate surface area is 182 Å². The molecule has 2 rings (SSSR count). The van der Waals surface area contributed by atoms with Crippen molar-refractivity contribution in [2.75, 3.05) is 12.4 Å². The monoisotopic (exact) mass is 451 g/mol. The molecule has 0 saturated heterocycles. The zero-order valence-electron chi connectivity index (χ0n) is 17.6. The average molecular weight is 452 g/mol. The van der Waals surface area contributed by atoms with Crippen LogP contribution in [0.4, 0.5) is 5.69 Å². The number of amides is 2. The molecule has 0 bridgehead atoms. The van der Waals surface area contributed by atoms with E-state index in [1.54, 1.807) is 39.0 Å². The molecule has 0 aliphatic heterocycles. The summed E-state index contributed by atoms with van der Waals surface area (Å²) >= 11 is 6.18. The molecule has 2 aromatic rings. The third-order valence-electron chi connectivity index (χ3n) is 4.64. The van der Waals surface area contributed by atoms with Crippen LogP contribution in [-0.4, -0.2) is 37.6 Å². The molecular weight excluding hydrogens is 426 g/mol. The number of anilines is 1. The van der Waals surface area contributed by atoms with Gasteiger partial charge < -0.3 is 10.6 Å². The van der Waals surface area contributed by atoms with E-state index in [4.69, 9.17) is 11.6 Å². The average Bonchev–Trinajstić information content (AvgIpc) is 2.66. The molecule has 162 valence electrons. The summed E-state index contributed by atoms with van der Waals surface area (Å²) in [4.78, 5) is 24.1. The van der Waals surface area contributed by atoms with Crippen molar-refractivity contribution in [3.05, 3.63) is 58.6 Å². The Morgan fingerprint density at radius 1 is 1.07 bits per heavy atom. The van der Waals surface area contributed by atoms with Gasteiger partial charge in [-0.15, -0.1) is 0 Å². The Balaban J connectivity index is 2.28. The lowest BCUT2D eigenvalue weighted by Gasteiger charge is -2.21. The highest BCUT2D eigenvalue weighted by Crippen LogP contribution is 2.25. The largest absolute Gasteiger partial charge is 0.345 e. The van der Waals surface area contributed by atoms with E-state index < -0.39 is 22.0 Å². The summed E-state index contributed by atoms with van der Waals surface area (Å²) in [5.74, 6) is -0.693. The summed E-state index contributed by atoms with van der Waals surface area (Å²) in [7, 11) is -2.27. The van der Waals surface area contributed by atoms with Crippen LogP contribution in [0.3, 0.4) is 0 Å². The van der Waals surface area contributed by atoms with E-state index >= 15 is 0 Å². The van der Waals surface area contributed by atoms with Crippen LogP contribution in [0.2, 0.25) is 5.02 Å². The lowest BCUT2D eigenvalue weighted by molar-refractivity contribution is -0.114. The number of hydrogen-bond acceptors (Lipinski definition) is 4. The van der Waals surface area contributed by atoms with Gasteiger partial charge in [0.15, 0.2) is 0 Å². The van der Waals surface area contributed by atoms with Gasteiger partial charge in [-0.25, -0.2) is 8.42 Å². The lowest BCUT2D eigenvalue weighted by atomic mass is 10.1. The van der Waals surface area contributed by atoms with Gasteiger partial charge in [0, 0.05) is 25.7 Å². The van der Waals surface area contributed by atoms with Gasteiger partial charge in [-0.1, -0.05) is 23.7 Å². The zero-order valence-corrected chi connectivity index (χ0v) is 19.1. The minimum atomic E-state index is -3.75. The summed E-state index contributed by atoms with van der Waals surface area (Å²) < 4.78 is 26.7. The van der Waals surface area contributed by atoms with Crippen LogP contribution in [-0.2, 0) is 14.8 Å². The van der Waals surface area contributed by atoms with Gasteiger partial charge >= 0.3 is 0 Å². The molecule has 1 unspecified atom stereocenters. The second-order valence-electron chi connectivity index (χ2n) is 7.26. The van der Waals surface area contributed by atoms with E-state index in [2.05, 4.69) is 10.6 Å². The molecule has 0 fully saturated rings. The van der Waals surface area contributed by atoms with Crippen LogP contribution in [0, 0.1) is 0 Å². The van der Waals surface area contributed by atoms with Gasteiger partial charge in [0.1, 0.15) is 0 Å². The first-order valence-electron chi connectivity index (χ1n) is 9.39. The fourth-order valence-electron chi connectivity index (χ4n) is 2.73. The number of hydrogen-bond donors (Lipinski definition) is 2. The first kappa shape index (κ1) is 23.9. The first-order chi connectivity index (χ1) is 13.9. The van der Waals surface area contributed by atoms with Crippen molar-refractivity contribution in [2.45, 2.75) is 44.7 Å². The quantitative estimate of drug-likeness (QED) is 0.668. The number of nitrogens with one attached hydrogen (secondary N) is 2. The van der Waals surface area contributed by atoms with Gasteiger partial charge in [0.2, 0.25) is 15.9 Å². The van der Waals surface area contributed by atoms with Crippen LogP contribution in [0.25, 0.3) is 0 Å². The van der Waals surface area contributed by atoms with Crippen LogP contribution in [0.15, 0.2) is 47.4 Å². The van der Waals surface area contributed by atoms with Crippen molar-refractivity contribution >= 4 is 39.1 Å². The summed E-state index contributed by atoms with van der Waals surface area (Å²) in [6.45, 7) is 6.72. The van der Waals surface area contributed by atoms with Gasteiger partial charge in [0.05, 0.1) is 21.5 Å². The van der Waals surface area contributed by atoms with E-state index in [1.165, 1.54) is 36.5 Å². The minimum absolute atomic E-state index is 0.00596. The highest BCUT2D eigenvalue weighted by atomic mass is 35.5. The number of nitrogens with zero attached hydrogens (tertiary/aromatic N) is 1. The third-order valence-corrected chi connectivity index (χ3v) is 7.00. The van der Waals surface area contributed by atoms with Crippen molar-refractivity contribution in [1.82, 2.24) is 9.62 Å². The fourth-order valence-corrected chi connectivity index (χ4v) is 4.33. The maximum atomic E-state index is 12.8. The Morgan fingerprint density at radius 3 is 2.33 bits per heavy atom. The maximum absolute atomic E-state index is 12.8. The topological polar surface area (TPSA) is 95.6 Å². The Kier molecular flexibility index (Phi) is 7.63. The zero-order chi connectivity index (χ0) is 22.6. The Bertz CT molecular complexity index is 1050. The molecule has 2 N–H and O–H groups in total. The summed E-state index contributed by atoms with van der Waals surface area (Å²) in [5, 5.41) is 5.66. The molecular formula is C21H26ClN3O4S. The van der Waals surface area contributed by atoms with Crippen LogP contribution >= 0.6 is 11.6 Å². The number of rotatable bonds is 7. The molecule has 0 radical (unpaired) electrons. The predicted molar refractivity (Wildman–Crippen MR) is 118 cm³/mol. The van der Waals surface area contributed by atoms with Crippen molar-refractivity contribution in [3.8, 4) is 0 Å². The molecule has 0 aliphatic rings. The molecule has 0 saturated carbocycles. The van der Waals surface area contributed by atoms with Crippen LogP contribution in [0.1, 0.15) is 49.7 Å². The van der Waals surface area contributed by atoms with Gasteiger partial charge in [-0.3, -0.25) is 9.59 Å². The molecule has 0 aromatic heterocycles. The summed E-state index contributed by atoms with van der Waals surface area (Å²) in [6.07, 6.45) is 0. The second-order valence-corrected chi connectivity index (χ2v) is 9.66. The van der Waals surface area contributed by atoms with Gasteiger partial charge in [-0.2, -0.15) is 4.31 Å². The highest BCUT2D eigenvalue weighted by molar-refractivity contribution is 7.89. The molecule has 2 amide bonds. The molecule has 0 aliphatic carbocycles. The molecule has 0 heterocycles. The van der Waals surface area contributed by atoms with Crippen molar-refractivity contribution in [1.29, 1.82) is 0 Å². The molecule has 2 aromatic carbocycles. The molecule has 0 spiro atoms. The van der Waals surface area contributed by atoms with Crippen LogP contribution < -0.4 is 10.6 Å². The smallest absolute Gasteiger partial charge is 0.253 e. The third kappa shape index (κ3) is 5.59. The number of carbonyl (C=O) groups is 2. The molecule has 9 heteroatoms. The van der Waals surface area contributed by atoms with E-state index in [-0.39, 0.29) is 27.4 Å². The molecule has 30 heavy (non-hydrogen) atoms. The highest BCUT2D eigenvalue weighted by Gasteiger charge is 2.25. The second kappa shape index (κ2) is 9.59. The van der Waals surface area contributed by atoms with Crippen LogP contribution in [0.5, 0.6) is 0 Å². The lowest BCUT2D eigenvalue weighted by Crippen LogP contribution is -2.33. The standard InChI is InChI=1S/C21H26ClN3O4S/c1-13(2)25(5)30(28,29)18-9-10-20(22)19(12-18)21(27)23-14(3)16-7-6-8-17(11-16)24-15(4)26/h6-14H,1-5H3,(H,23,27)(H,24,26). The van der Waals surface area contributed by atoms with Crippen molar-refractivity contribution in [2.24, 2.45) is 0 Å². The number of carbonyl (C=O) groups excluding carboxylic acids is 2. The first-order valence-corrected chi connectivity index (χ1v) is 11.2. The molecule has 7 nitrogen and oxygen atoms in total. The van der Waals surface area contributed by atoms with Gasteiger partial charge in [0.25, 0.3) is 5.91 Å². The minimum Gasteiger partial charge on any atom is -0.345 e. The van der Waals surface area contributed by atoms with E-state index in [0.717, 1.165) is 5.56 Å². The number of benzene rings is 2. The predicted octanol–water partition coefficient (Wildman–Crippen LogP) is 3.82.